The van der Waals surface area contributed by atoms with Crippen molar-refractivity contribution in [1.82, 2.24) is 10.3 Å². The van der Waals surface area contributed by atoms with E-state index >= 15 is 0 Å². The summed E-state index contributed by atoms with van der Waals surface area (Å²) in [7, 11) is 0. The van der Waals surface area contributed by atoms with Gasteiger partial charge in [-0.1, -0.05) is 19.1 Å². The molecule has 0 aliphatic rings. The zero-order valence-electron chi connectivity index (χ0n) is 7.45. The lowest BCUT2D eigenvalue weighted by Gasteiger charge is -2.05. The topological polar surface area (TPSA) is 45.1 Å². The van der Waals surface area contributed by atoms with Crippen molar-refractivity contribution in [3.8, 4) is 0 Å². The van der Waals surface area contributed by atoms with E-state index in [4.69, 9.17) is 17.3 Å². The molecule has 0 aliphatic heterocycles. The zero-order chi connectivity index (χ0) is 9.68. The minimum atomic E-state index is -0.136. The Morgan fingerprint density at radius 2 is 2.46 bits per heavy atom. The second kappa shape index (κ2) is 4.89. The van der Waals surface area contributed by atoms with E-state index in [1.807, 2.05) is 19.1 Å². The Morgan fingerprint density at radius 3 is 3.08 bits per heavy atom. The monoisotopic (exact) mass is 196 g/mol. The molecular weight excluding hydrogens is 184 g/mol. The average molecular weight is 196 g/mol. The van der Waals surface area contributed by atoms with Gasteiger partial charge in [-0.05, 0) is 18.6 Å². The molecule has 0 saturated carbocycles. The number of aliphatic hydroxyl groups excluding tert-OH is 1. The van der Waals surface area contributed by atoms with E-state index in [1.165, 1.54) is 0 Å². The first-order valence-corrected chi connectivity index (χ1v) is 4.52. The fourth-order valence-corrected chi connectivity index (χ4v) is 1.18. The number of aliphatic hydroxyl groups is 1. The highest BCUT2D eigenvalue weighted by atomic mass is 32.1. The fraction of sp³-hybridized carbons (Fsp3) is 0.333. The van der Waals surface area contributed by atoms with Gasteiger partial charge in [0.1, 0.15) is 11.7 Å². The summed E-state index contributed by atoms with van der Waals surface area (Å²) in [6, 6.07) is 3.75. The van der Waals surface area contributed by atoms with Crippen LogP contribution in [0.1, 0.15) is 18.2 Å². The number of nitrogens with zero attached hydrogens (tertiary/aromatic N) is 1. The number of thiocarbonyl (C=S) groups is 1. The van der Waals surface area contributed by atoms with Crippen LogP contribution in [0, 0.1) is 0 Å². The number of hydrogen-bond acceptors (Lipinski definition) is 3. The first-order valence-electron chi connectivity index (χ1n) is 4.12. The Morgan fingerprint density at radius 1 is 1.69 bits per heavy atom. The van der Waals surface area contributed by atoms with Crippen LogP contribution in [-0.2, 0) is 6.42 Å². The quantitative estimate of drug-likeness (QED) is 0.556. The van der Waals surface area contributed by atoms with Crippen molar-refractivity contribution >= 4 is 17.2 Å². The number of pyridine rings is 1. The Hall–Kier alpha value is -1.00. The molecule has 0 radical (unpaired) electrons. The summed E-state index contributed by atoms with van der Waals surface area (Å²) in [6.07, 6.45) is 2.61. The zero-order valence-corrected chi connectivity index (χ0v) is 8.27. The predicted octanol–water partition coefficient (Wildman–Crippen LogP) is 0.859. The second-order valence-corrected chi connectivity index (χ2v) is 2.96. The van der Waals surface area contributed by atoms with Crippen molar-refractivity contribution in [2.24, 2.45) is 0 Å². The lowest BCUT2D eigenvalue weighted by molar-refractivity contribution is 0.287. The highest BCUT2D eigenvalue weighted by molar-refractivity contribution is 7.80. The van der Waals surface area contributed by atoms with E-state index in [-0.39, 0.29) is 6.73 Å². The molecule has 3 nitrogen and oxygen atoms in total. The minimum Gasteiger partial charge on any atom is -0.377 e. The molecule has 0 saturated heterocycles. The van der Waals surface area contributed by atoms with E-state index < -0.39 is 0 Å². The van der Waals surface area contributed by atoms with Gasteiger partial charge in [0, 0.05) is 17.5 Å². The van der Waals surface area contributed by atoms with Gasteiger partial charge in [-0.25, -0.2) is 0 Å². The van der Waals surface area contributed by atoms with Crippen molar-refractivity contribution in [3.63, 3.8) is 0 Å². The van der Waals surface area contributed by atoms with Gasteiger partial charge in [-0.3, -0.25) is 4.98 Å². The van der Waals surface area contributed by atoms with Crippen molar-refractivity contribution in [3.05, 3.63) is 29.6 Å². The van der Waals surface area contributed by atoms with Crippen molar-refractivity contribution < 1.29 is 5.11 Å². The number of rotatable bonds is 3. The highest BCUT2D eigenvalue weighted by Crippen LogP contribution is 2.02. The maximum Gasteiger partial charge on any atom is 0.113 e. The predicted molar refractivity (Wildman–Crippen MR) is 55.5 cm³/mol. The maximum atomic E-state index is 8.61. The lowest BCUT2D eigenvalue weighted by atomic mass is 10.2. The van der Waals surface area contributed by atoms with Crippen LogP contribution in [0.15, 0.2) is 18.3 Å². The first kappa shape index (κ1) is 10.1. The van der Waals surface area contributed by atoms with Gasteiger partial charge in [0.05, 0.1) is 0 Å². The molecule has 0 amide bonds. The first-order chi connectivity index (χ1) is 6.27. The number of nitrogens with one attached hydrogen (secondary N) is 1. The lowest BCUT2D eigenvalue weighted by Crippen LogP contribution is -2.23. The molecule has 1 heterocycles. The number of aromatic nitrogens is 1. The third-order valence-electron chi connectivity index (χ3n) is 1.68. The Kier molecular flexibility index (Phi) is 3.79. The molecule has 1 aromatic heterocycles. The smallest absolute Gasteiger partial charge is 0.113 e. The molecule has 0 fully saturated rings. The van der Waals surface area contributed by atoms with E-state index in [0.717, 1.165) is 17.7 Å². The highest BCUT2D eigenvalue weighted by Gasteiger charge is 2.00. The fourth-order valence-electron chi connectivity index (χ4n) is 0.987. The van der Waals surface area contributed by atoms with Gasteiger partial charge < -0.3 is 10.4 Å². The molecule has 2 N–H and O–H groups in total. The summed E-state index contributed by atoms with van der Waals surface area (Å²) < 4.78 is 0. The van der Waals surface area contributed by atoms with Crippen LogP contribution in [0.4, 0.5) is 0 Å². The van der Waals surface area contributed by atoms with E-state index in [2.05, 4.69) is 10.3 Å². The molecule has 0 atom stereocenters. The van der Waals surface area contributed by atoms with E-state index in [0.29, 0.717) is 4.99 Å². The van der Waals surface area contributed by atoms with Crippen molar-refractivity contribution in [2.45, 2.75) is 13.3 Å². The van der Waals surface area contributed by atoms with E-state index in [9.17, 15) is 0 Å². The maximum absolute atomic E-state index is 8.61. The summed E-state index contributed by atoms with van der Waals surface area (Å²) in [6.45, 7) is 1.90. The molecule has 0 spiro atoms. The molecule has 0 unspecified atom stereocenters. The summed E-state index contributed by atoms with van der Waals surface area (Å²) in [5.41, 5.74) is 1.90. The van der Waals surface area contributed by atoms with Gasteiger partial charge in [-0.15, -0.1) is 0 Å². The van der Waals surface area contributed by atoms with Crippen LogP contribution < -0.4 is 5.32 Å². The summed E-state index contributed by atoms with van der Waals surface area (Å²) in [5, 5.41) is 11.3. The average Bonchev–Trinajstić information content (AvgIpc) is 2.18. The second-order valence-electron chi connectivity index (χ2n) is 2.55. The van der Waals surface area contributed by atoms with Gasteiger partial charge in [0.2, 0.25) is 0 Å². The molecule has 70 valence electrons. The van der Waals surface area contributed by atoms with Crippen LogP contribution in [-0.4, -0.2) is 21.8 Å². The number of aryl methyl sites for hydroxylation is 1. The normalized spacial score (nSPS) is 9.69. The van der Waals surface area contributed by atoms with E-state index in [1.54, 1.807) is 6.20 Å². The minimum absolute atomic E-state index is 0.136. The van der Waals surface area contributed by atoms with Crippen LogP contribution in [0.25, 0.3) is 0 Å². The molecule has 1 aromatic rings. The molecule has 1 rings (SSSR count). The van der Waals surface area contributed by atoms with Crippen LogP contribution in [0.5, 0.6) is 0 Å². The van der Waals surface area contributed by atoms with Gasteiger partial charge in [0.15, 0.2) is 0 Å². The summed E-state index contributed by atoms with van der Waals surface area (Å²) in [4.78, 5) is 4.71. The molecule has 0 aliphatic carbocycles. The van der Waals surface area contributed by atoms with Crippen LogP contribution >= 0.6 is 12.2 Å². The van der Waals surface area contributed by atoms with Gasteiger partial charge >= 0.3 is 0 Å². The van der Waals surface area contributed by atoms with Crippen LogP contribution in [0.2, 0.25) is 0 Å². The molecule has 0 aromatic carbocycles. The third kappa shape index (κ3) is 2.75. The molecule has 4 heteroatoms. The third-order valence-corrected chi connectivity index (χ3v) is 2.06. The number of hydrogen-bond donors (Lipinski definition) is 2. The molecule has 0 bridgehead atoms. The summed E-state index contributed by atoms with van der Waals surface area (Å²) in [5.74, 6) is 0. The summed E-state index contributed by atoms with van der Waals surface area (Å²) >= 11 is 5.03. The van der Waals surface area contributed by atoms with Crippen molar-refractivity contribution in [1.29, 1.82) is 0 Å². The van der Waals surface area contributed by atoms with Crippen LogP contribution in [0.3, 0.4) is 0 Å². The Balaban J connectivity index is 2.82. The van der Waals surface area contributed by atoms with Gasteiger partial charge in [-0.2, -0.15) is 0 Å². The SMILES string of the molecule is CCc1cc(C(=S)NCO)ccn1. The Labute approximate surface area is 82.8 Å². The molecular formula is C9H12N2OS. The molecule has 13 heavy (non-hydrogen) atoms. The Bertz CT molecular complexity index is 301. The van der Waals surface area contributed by atoms with Gasteiger partial charge in [0.25, 0.3) is 0 Å². The standard InChI is InChI=1S/C9H12N2OS/c1-2-8-5-7(3-4-10-8)9(13)11-6-12/h3-5,12H,2,6H2,1H3,(H,11,13). The largest absolute Gasteiger partial charge is 0.377 e. The van der Waals surface area contributed by atoms with Crippen molar-refractivity contribution in [2.75, 3.05) is 6.73 Å².